The summed E-state index contributed by atoms with van der Waals surface area (Å²) in [5.41, 5.74) is 0.450. The molecule has 0 saturated carbocycles. The van der Waals surface area contributed by atoms with Crippen LogP contribution in [-0.4, -0.2) is 26.9 Å². The molecule has 0 bridgehead atoms. The Morgan fingerprint density at radius 3 is 2.36 bits per heavy atom. The smallest absolute Gasteiger partial charge is 0.406 e. The molecule has 13 heteroatoms. The zero-order chi connectivity index (χ0) is 31.6. The predicted molar refractivity (Wildman–Crippen MR) is 143 cm³/mol. The molecule has 44 heavy (non-hydrogen) atoms. The Labute approximate surface area is 246 Å². The van der Waals surface area contributed by atoms with E-state index < -0.39 is 53.9 Å². The predicted octanol–water partition coefficient (Wildman–Crippen LogP) is 8.01. The van der Waals surface area contributed by atoms with E-state index in [0.717, 1.165) is 28.9 Å². The summed E-state index contributed by atoms with van der Waals surface area (Å²) < 4.78 is 113. The number of carbonyl (C=O) groups excluding carboxylic acids is 1. The van der Waals surface area contributed by atoms with Crippen molar-refractivity contribution in [1.29, 1.82) is 0 Å². The van der Waals surface area contributed by atoms with E-state index in [-0.39, 0.29) is 41.6 Å². The SMILES string of the molecule is O=C(C[C@@H](Cc1cc(F)cc(F)c1)c1ncccc1-c1cccc(OC(F)(F)F)c1)Cn1nc(C(F)(F)F)c2c1CCCC2. The highest BCUT2D eigenvalue weighted by atomic mass is 19.4. The maximum Gasteiger partial charge on any atom is 0.573 e. The van der Waals surface area contributed by atoms with Crippen molar-refractivity contribution in [3.05, 3.63) is 101 Å². The van der Waals surface area contributed by atoms with Crippen LogP contribution in [0.5, 0.6) is 5.75 Å². The first-order valence-corrected chi connectivity index (χ1v) is 13.7. The highest BCUT2D eigenvalue weighted by Crippen LogP contribution is 2.37. The van der Waals surface area contributed by atoms with Crippen molar-refractivity contribution < 1.29 is 44.7 Å². The summed E-state index contributed by atoms with van der Waals surface area (Å²) in [7, 11) is 0. The second-order valence-corrected chi connectivity index (χ2v) is 10.6. The van der Waals surface area contributed by atoms with Gasteiger partial charge in [0.25, 0.3) is 0 Å². The number of benzene rings is 2. The number of fused-ring (bicyclic) bond motifs is 1. The molecule has 1 aliphatic rings. The Morgan fingerprint density at radius 2 is 1.66 bits per heavy atom. The molecule has 232 valence electrons. The fraction of sp³-hybridized carbons (Fsp3) is 0.323. The number of rotatable bonds is 9. The molecule has 5 rings (SSSR count). The van der Waals surface area contributed by atoms with Crippen LogP contribution in [0.4, 0.5) is 35.1 Å². The lowest BCUT2D eigenvalue weighted by Gasteiger charge is -2.21. The zero-order valence-corrected chi connectivity index (χ0v) is 23.0. The third kappa shape index (κ3) is 7.43. The molecule has 1 aliphatic carbocycles. The molecule has 0 saturated heterocycles. The normalized spacial score (nSPS) is 14.3. The topological polar surface area (TPSA) is 57.0 Å². The number of aromatic nitrogens is 3. The van der Waals surface area contributed by atoms with Crippen molar-refractivity contribution in [1.82, 2.24) is 14.8 Å². The van der Waals surface area contributed by atoms with Gasteiger partial charge in [0, 0.05) is 41.4 Å². The Bertz CT molecular complexity index is 1640. The molecule has 2 heterocycles. The largest absolute Gasteiger partial charge is 0.573 e. The fourth-order valence-electron chi connectivity index (χ4n) is 5.66. The van der Waals surface area contributed by atoms with Crippen LogP contribution in [0.1, 0.15) is 53.4 Å². The van der Waals surface area contributed by atoms with Gasteiger partial charge in [-0.1, -0.05) is 18.2 Å². The van der Waals surface area contributed by atoms with E-state index in [4.69, 9.17) is 0 Å². The first-order valence-electron chi connectivity index (χ1n) is 13.7. The second kappa shape index (κ2) is 12.4. The number of carbonyl (C=O) groups is 1. The molecule has 5 nitrogen and oxygen atoms in total. The van der Waals surface area contributed by atoms with E-state index in [1.54, 1.807) is 6.07 Å². The van der Waals surface area contributed by atoms with Crippen LogP contribution in [0.15, 0.2) is 60.8 Å². The van der Waals surface area contributed by atoms with E-state index >= 15 is 0 Å². The van der Waals surface area contributed by atoms with Crippen LogP contribution in [-0.2, 0) is 36.8 Å². The van der Waals surface area contributed by atoms with Crippen LogP contribution < -0.4 is 4.74 Å². The molecule has 2 aromatic heterocycles. The number of alkyl halides is 6. The summed E-state index contributed by atoms with van der Waals surface area (Å²) in [4.78, 5) is 17.9. The monoisotopic (exact) mass is 623 g/mol. The molecule has 0 amide bonds. The number of ketones is 1. The van der Waals surface area contributed by atoms with Crippen molar-refractivity contribution in [3.63, 3.8) is 0 Å². The second-order valence-electron chi connectivity index (χ2n) is 10.6. The van der Waals surface area contributed by atoms with Crippen molar-refractivity contribution in [3.8, 4) is 16.9 Å². The summed E-state index contributed by atoms with van der Waals surface area (Å²) in [5.74, 6) is -3.58. The average Bonchev–Trinajstić information content (AvgIpc) is 3.30. The van der Waals surface area contributed by atoms with Crippen LogP contribution >= 0.6 is 0 Å². The molecule has 1 atom stereocenters. The van der Waals surface area contributed by atoms with Gasteiger partial charge in [0.2, 0.25) is 0 Å². The lowest BCUT2D eigenvalue weighted by atomic mass is 9.86. The fourth-order valence-corrected chi connectivity index (χ4v) is 5.66. The minimum Gasteiger partial charge on any atom is -0.406 e. The zero-order valence-electron chi connectivity index (χ0n) is 23.0. The van der Waals surface area contributed by atoms with Crippen molar-refractivity contribution in [2.45, 2.75) is 63.5 Å². The lowest BCUT2D eigenvalue weighted by molar-refractivity contribution is -0.274. The number of pyridine rings is 1. The molecule has 4 aromatic rings. The van der Waals surface area contributed by atoms with Gasteiger partial charge in [0.1, 0.15) is 17.4 Å². The maximum atomic E-state index is 14.1. The van der Waals surface area contributed by atoms with Gasteiger partial charge < -0.3 is 4.74 Å². The number of ether oxygens (including phenoxy) is 1. The Kier molecular flexibility index (Phi) is 8.76. The molecule has 0 unspecified atom stereocenters. The molecule has 0 spiro atoms. The van der Waals surface area contributed by atoms with Gasteiger partial charge in [-0.05, 0) is 73.6 Å². The highest BCUT2D eigenvalue weighted by molar-refractivity contribution is 5.80. The summed E-state index contributed by atoms with van der Waals surface area (Å²) in [6.07, 6.45) is -6.90. The van der Waals surface area contributed by atoms with E-state index in [9.17, 15) is 39.9 Å². The van der Waals surface area contributed by atoms with E-state index in [2.05, 4.69) is 14.8 Å². The van der Waals surface area contributed by atoms with Crippen molar-refractivity contribution in [2.24, 2.45) is 0 Å². The Hall–Kier alpha value is -4.29. The van der Waals surface area contributed by atoms with E-state index in [1.807, 2.05) is 0 Å². The van der Waals surface area contributed by atoms with Gasteiger partial charge in [-0.2, -0.15) is 18.3 Å². The molecule has 0 radical (unpaired) electrons. The van der Waals surface area contributed by atoms with Crippen LogP contribution in [0.25, 0.3) is 11.1 Å². The van der Waals surface area contributed by atoms with Crippen molar-refractivity contribution in [2.75, 3.05) is 0 Å². The van der Waals surface area contributed by atoms with E-state index in [0.29, 0.717) is 36.6 Å². The number of Topliss-reactive ketones (excluding diaryl/α,β-unsaturated/α-hetero) is 1. The van der Waals surface area contributed by atoms with Gasteiger partial charge in [-0.3, -0.25) is 14.5 Å². The third-order valence-corrected chi connectivity index (χ3v) is 7.33. The molecular weight excluding hydrogens is 598 g/mol. The van der Waals surface area contributed by atoms with Gasteiger partial charge in [0.15, 0.2) is 11.5 Å². The maximum absolute atomic E-state index is 14.1. The molecule has 0 fully saturated rings. The van der Waals surface area contributed by atoms with Crippen molar-refractivity contribution >= 4 is 5.78 Å². The number of hydrogen-bond acceptors (Lipinski definition) is 4. The number of hydrogen-bond donors (Lipinski definition) is 0. The number of halogens is 8. The summed E-state index contributed by atoms with van der Waals surface area (Å²) in [5, 5.41) is 3.74. The summed E-state index contributed by atoms with van der Waals surface area (Å²) in [6, 6.07) is 11.1. The van der Waals surface area contributed by atoms with Gasteiger partial charge in [-0.15, -0.1) is 13.2 Å². The van der Waals surface area contributed by atoms with Gasteiger partial charge in [-0.25, -0.2) is 8.78 Å². The van der Waals surface area contributed by atoms with Crippen LogP contribution in [0.2, 0.25) is 0 Å². The Morgan fingerprint density at radius 1 is 0.932 bits per heavy atom. The number of nitrogens with zero attached hydrogens (tertiary/aromatic N) is 3. The van der Waals surface area contributed by atoms with Crippen LogP contribution in [0, 0.1) is 11.6 Å². The Balaban J connectivity index is 1.50. The first kappa shape index (κ1) is 31.1. The average molecular weight is 624 g/mol. The van der Waals surface area contributed by atoms with Crippen LogP contribution in [0.3, 0.4) is 0 Å². The standard InChI is InChI=1S/C31H25F8N3O2/c32-21-12-18(13-22(33)16-21)11-20(14-23(43)17-42-27-9-2-1-7-26(27)29(41-42)30(34,35)36)28-25(8-4-10-40-28)19-5-3-6-24(15-19)44-31(37,38)39/h3-6,8,10,12-13,15-16,20H,1-2,7,9,11,14,17H2/t20-/m1/s1. The molecular formula is C31H25F8N3O2. The molecule has 2 aromatic carbocycles. The summed E-state index contributed by atoms with van der Waals surface area (Å²) >= 11 is 0. The lowest BCUT2D eigenvalue weighted by Crippen LogP contribution is -2.20. The first-order chi connectivity index (χ1) is 20.8. The van der Waals surface area contributed by atoms with E-state index in [1.165, 1.54) is 24.4 Å². The summed E-state index contributed by atoms with van der Waals surface area (Å²) in [6.45, 7) is -0.469. The van der Waals surface area contributed by atoms with Gasteiger partial charge >= 0.3 is 12.5 Å². The highest BCUT2D eigenvalue weighted by Gasteiger charge is 2.40. The van der Waals surface area contributed by atoms with Gasteiger partial charge in [0.05, 0.1) is 12.2 Å². The molecule has 0 N–H and O–H groups in total. The molecule has 0 aliphatic heterocycles. The third-order valence-electron chi connectivity index (χ3n) is 7.33. The minimum absolute atomic E-state index is 0.0799. The quantitative estimate of drug-likeness (QED) is 0.177. The minimum atomic E-state index is -4.94.